The van der Waals surface area contributed by atoms with Crippen molar-refractivity contribution in [3.8, 4) is 0 Å². The van der Waals surface area contributed by atoms with E-state index in [0.717, 1.165) is 19.6 Å². The molecule has 1 aromatic heterocycles. The minimum atomic E-state index is -3.38. The normalized spacial score (nSPS) is 19.5. The van der Waals surface area contributed by atoms with Crippen LogP contribution in [0.15, 0.2) is 17.3 Å². The van der Waals surface area contributed by atoms with E-state index >= 15 is 0 Å². The summed E-state index contributed by atoms with van der Waals surface area (Å²) in [7, 11) is -3.38. The van der Waals surface area contributed by atoms with Gasteiger partial charge >= 0.3 is 0 Å². The molecule has 102 valence electrons. The minimum Gasteiger partial charge on any atom is -0.300 e. The van der Waals surface area contributed by atoms with Crippen molar-refractivity contribution in [3.05, 3.63) is 12.3 Å². The van der Waals surface area contributed by atoms with Gasteiger partial charge in [-0.2, -0.15) is 9.40 Å². The Kier molecular flexibility index (Phi) is 4.04. The average molecular weight is 272 g/mol. The first-order valence-corrected chi connectivity index (χ1v) is 7.66. The average Bonchev–Trinajstić information content (AvgIpc) is 2.83. The second-order valence-corrected chi connectivity index (χ2v) is 6.93. The summed E-state index contributed by atoms with van der Waals surface area (Å²) in [4.78, 5) is 2.31. The molecule has 0 spiro atoms. The van der Waals surface area contributed by atoms with Gasteiger partial charge in [0.05, 0.1) is 6.20 Å². The molecule has 6 nitrogen and oxygen atoms in total. The summed E-state index contributed by atoms with van der Waals surface area (Å²) >= 11 is 0. The Labute approximate surface area is 108 Å². The van der Waals surface area contributed by atoms with Crippen molar-refractivity contribution in [2.45, 2.75) is 18.9 Å². The predicted octanol–water partition coefficient (Wildman–Crippen LogP) is 0.372. The van der Waals surface area contributed by atoms with Crippen LogP contribution in [0.1, 0.15) is 13.8 Å². The molecule has 1 aliphatic rings. The topological polar surface area (TPSA) is 69.3 Å². The third-order valence-electron chi connectivity index (χ3n) is 3.05. The Morgan fingerprint density at radius 3 is 2.50 bits per heavy atom. The largest absolute Gasteiger partial charge is 0.300 e. The van der Waals surface area contributed by atoms with E-state index in [2.05, 4.69) is 28.9 Å². The second kappa shape index (κ2) is 5.38. The van der Waals surface area contributed by atoms with E-state index in [1.165, 1.54) is 16.6 Å². The molecule has 1 fully saturated rings. The van der Waals surface area contributed by atoms with Crippen LogP contribution in [0, 0.1) is 5.92 Å². The molecule has 0 bridgehead atoms. The van der Waals surface area contributed by atoms with Gasteiger partial charge in [0.2, 0.25) is 0 Å². The van der Waals surface area contributed by atoms with Crippen molar-refractivity contribution in [1.82, 2.24) is 19.4 Å². The van der Waals surface area contributed by atoms with Crippen molar-refractivity contribution >= 4 is 10.0 Å². The highest BCUT2D eigenvalue weighted by Gasteiger charge is 2.29. The van der Waals surface area contributed by atoms with E-state index in [1.54, 1.807) is 0 Å². The Balaban J connectivity index is 1.98. The Bertz CT molecular complexity index is 461. The van der Waals surface area contributed by atoms with Gasteiger partial charge in [-0.25, -0.2) is 8.42 Å². The van der Waals surface area contributed by atoms with E-state index in [1.807, 2.05) is 0 Å². The Hall–Kier alpha value is -0.920. The number of hydrogen-bond acceptors (Lipinski definition) is 4. The lowest BCUT2D eigenvalue weighted by Crippen LogP contribution is -2.49. The van der Waals surface area contributed by atoms with Crippen molar-refractivity contribution in [2.24, 2.45) is 5.92 Å². The molecule has 0 unspecified atom stereocenters. The van der Waals surface area contributed by atoms with Crippen molar-refractivity contribution in [2.75, 3.05) is 32.7 Å². The first kappa shape index (κ1) is 13.5. The van der Waals surface area contributed by atoms with Gasteiger partial charge in [0.1, 0.15) is 0 Å². The van der Waals surface area contributed by atoms with E-state index in [9.17, 15) is 8.42 Å². The van der Waals surface area contributed by atoms with Crippen molar-refractivity contribution < 1.29 is 8.42 Å². The molecule has 1 aromatic rings. The maximum atomic E-state index is 12.2. The molecule has 0 saturated carbocycles. The molecule has 0 aromatic carbocycles. The van der Waals surface area contributed by atoms with Gasteiger partial charge in [0.25, 0.3) is 10.0 Å². The summed E-state index contributed by atoms with van der Waals surface area (Å²) in [6.45, 7) is 8.07. The fourth-order valence-electron chi connectivity index (χ4n) is 2.19. The minimum absolute atomic E-state index is 0.180. The third kappa shape index (κ3) is 2.90. The summed E-state index contributed by atoms with van der Waals surface area (Å²) in [5, 5.41) is 6.40. The molecule has 0 amide bonds. The number of hydrogen-bond donors (Lipinski definition) is 1. The van der Waals surface area contributed by atoms with Crippen LogP contribution in [0.2, 0.25) is 0 Å². The van der Waals surface area contributed by atoms with Crippen LogP contribution in [-0.4, -0.2) is 60.5 Å². The maximum Gasteiger partial charge on any atom is 0.260 e. The molecule has 2 heterocycles. The first-order chi connectivity index (χ1) is 8.50. The highest BCUT2D eigenvalue weighted by molar-refractivity contribution is 7.89. The lowest BCUT2D eigenvalue weighted by Gasteiger charge is -2.34. The molecule has 18 heavy (non-hydrogen) atoms. The molecule has 1 aliphatic heterocycles. The predicted molar refractivity (Wildman–Crippen MR) is 68.6 cm³/mol. The quantitative estimate of drug-likeness (QED) is 0.860. The Morgan fingerprint density at radius 1 is 1.33 bits per heavy atom. The molecule has 7 heteroatoms. The molecular formula is C11H20N4O2S. The Morgan fingerprint density at radius 2 is 2.00 bits per heavy atom. The molecule has 0 radical (unpaired) electrons. The SMILES string of the molecule is CC(C)CN1CCN(S(=O)(=O)c2ccn[nH]2)CC1. The van der Waals surface area contributed by atoms with Crippen LogP contribution < -0.4 is 0 Å². The maximum absolute atomic E-state index is 12.2. The number of H-pyrrole nitrogens is 1. The monoisotopic (exact) mass is 272 g/mol. The zero-order valence-electron chi connectivity index (χ0n) is 10.8. The number of sulfonamides is 1. The van der Waals surface area contributed by atoms with Crippen LogP contribution in [0.4, 0.5) is 0 Å². The van der Waals surface area contributed by atoms with E-state index in [0.29, 0.717) is 19.0 Å². The molecule has 2 rings (SSSR count). The van der Waals surface area contributed by atoms with Gasteiger partial charge in [0, 0.05) is 32.7 Å². The zero-order valence-corrected chi connectivity index (χ0v) is 11.7. The number of piperazine rings is 1. The first-order valence-electron chi connectivity index (χ1n) is 6.22. The van der Waals surface area contributed by atoms with Gasteiger partial charge in [-0.15, -0.1) is 0 Å². The number of nitrogens with one attached hydrogen (secondary N) is 1. The fourth-order valence-corrected chi connectivity index (χ4v) is 3.52. The number of aromatic nitrogens is 2. The van der Waals surface area contributed by atoms with Crippen LogP contribution in [0.5, 0.6) is 0 Å². The summed E-state index contributed by atoms with van der Waals surface area (Å²) in [5.74, 6) is 0.612. The van der Waals surface area contributed by atoms with Gasteiger partial charge in [-0.1, -0.05) is 13.8 Å². The zero-order chi connectivity index (χ0) is 13.2. The van der Waals surface area contributed by atoms with Gasteiger partial charge in [-0.3, -0.25) is 5.10 Å². The number of rotatable bonds is 4. The molecular weight excluding hydrogens is 252 g/mol. The molecule has 0 aliphatic carbocycles. The van der Waals surface area contributed by atoms with E-state index in [-0.39, 0.29) is 5.03 Å². The summed E-state index contributed by atoms with van der Waals surface area (Å²) in [5.41, 5.74) is 0. The smallest absolute Gasteiger partial charge is 0.260 e. The van der Waals surface area contributed by atoms with Crippen LogP contribution in [-0.2, 0) is 10.0 Å². The summed E-state index contributed by atoms with van der Waals surface area (Å²) in [6, 6.07) is 1.50. The summed E-state index contributed by atoms with van der Waals surface area (Å²) in [6.07, 6.45) is 1.46. The third-order valence-corrected chi connectivity index (χ3v) is 4.88. The van der Waals surface area contributed by atoms with Crippen LogP contribution in [0.3, 0.4) is 0 Å². The summed E-state index contributed by atoms with van der Waals surface area (Å²) < 4.78 is 26.0. The molecule has 0 atom stereocenters. The van der Waals surface area contributed by atoms with Crippen LogP contribution in [0.25, 0.3) is 0 Å². The second-order valence-electron chi connectivity index (χ2n) is 5.02. The molecule has 1 saturated heterocycles. The van der Waals surface area contributed by atoms with Gasteiger partial charge in [0.15, 0.2) is 5.03 Å². The van der Waals surface area contributed by atoms with E-state index in [4.69, 9.17) is 0 Å². The fraction of sp³-hybridized carbons (Fsp3) is 0.727. The van der Waals surface area contributed by atoms with Crippen LogP contribution >= 0.6 is 0 Å². The van der Waals surface area contributed by atoms with Gasteiger partial charge < -0.3 is 4.90 Å². The van der Waals surface area contributed by atoms with Crippen molar-refractivity contribution in [3.63, 3.8) is 0 Å². The highest BCUT2D eigenvalue weighted by atomic mass is 32.2. The standard InChI is InChI=1S/C11H20N4O2S/c1-10(2)9-14-5-7-15(8-6-14)18(16,17)11-3-4-12-13-11/h3-4,10H,5-9H2,1-2H3,(H,12,13). The number of aromatic amines is 1. The van der Waals surface area contributed by atoms with E-state index < -0.39 is 10.0 Å². The lowest BCUT2D eigenvalue weighted by molar-refractivity contribution is 0.172. The number of nitrogens with zero attached hydrogens (tertiary/aromatic N) is 3. The van der Waals surface area contributed by atoms with Gasteiger partial charge in [-0.05, 0) is 12.0 Å². The molecule has 1 N–H and O–H groups in total. The lowest BCUT2D eigenvalue weighted by atomic mass is 10.2. The van der Waals surface area contributed by atoms with Crippen molar-refractivity contribution in [1.29, 1.82) is 0 Å². The highest BCUT2D eigenvalue weighted by Crippen LogP contribution is 2.15.